The molecule has 0 fully saturated rings. The Kier molecular flexibility index (Phi) is 2.03. The van der Waals surface area contributed by atoms with Gasteiger partial charge in [-0.2, -0.15) is 0 Å². The summed E-state index contributed by atoms with van der Waals surface area (Å²) in [5, 5.41) is 4.67. The lowest BCUT2D eigenvalue weighted by molar-refractivity contribution is 0.0909. The maximum absolute atomic E-state index is 11.4. The number of amides is 2. The van der Waals surface area contributed by atoms with Gasteiger partial charge >= 0.3 is 0 Å². The summed E-state index contributed by atoms with van der Waals surface area (Å²) >= 11 is 0. The van der Waals surface area contributed by atoms with Gasteiger partial charge in [0.2, 0.25) is 13.9 Å². The van der Waals surface area contributed by atoms with E-state index in [1.807, 2.05) is 5.23 Å². The fourth-order valence-corrected chi connectivity index (χ4v) is 1.55. The van der Waals surface area contributed by atoms with Gasteiger partial charge in [-0.25, -0.2) is 0 Å². The largest absolute Gasteiger partial charge is 0.405 e. The van der Waals surface area contributed by atoms with Crippen molar-refractivity contribution in [2.24, 2.45) is 0 Å². The van der Waals surface area contributed by atoms with Crippen LogP contribution in [0.1, 0.15) is 20.8 Å². The van der Waals surface area contributed by atoms with Crippen LogP contribution in [-0.4, -0.2) is 30.9 Å². The van der Waals surface area contributed by atoms with Crippen molar-refractivity contribution < 1.29 is 9.59 Å². The molecule has 2 N–H and O–H groups in total. The fraction of sp³-hybridized carbons (Fsp3) is 0.250. The average molecular weight is 189 g/mol. The van der Waals surface area contributed by atoms with E-state index in [1.54, 1.807) is 16.8 Å². The zero-order chi connectivity index (χ0) is 10.1. The number of aromatic nitrogens is 1. The Balaban J connectivity index is 2.48. The third-order valence-electron chi connectivity index (χ3n) is 2.19. The SMILES string of the molecule is [B]NC(=O)c1ccn2c1C(=O)NCC2. The number of carbonyl (C=O) groups is 2. The number of carbonyl (C=O) groups excluding carboxylic acids is 2. The summed E-state index contributed by atoms with van der Waals surface area (Å²) in [6.07, 6.45) is 1.71. The number of fused-ring (bicyclic) bond motifs is 1. The van der Waals surface area contributed by atoms with Gasteiger partial charge in [0.25, 0.3) is 5.91 Å². The maximum Gasteiger partial charge on any atom is 0.268 e. The smallest absolute Gasteiger partial charge is 0.268 e. The third kappa shape index (κ3) is 1.19. The monoisotopic (exact) mass is 189 g/mol. The Morgan fingerprint density at radius 3 is 3.14 bits per heavy atom. The molecule has 2 heterocycles. The quantitative estimate of drug-likeness (QED) is 0.559. The molecule has 1 aliphatic heterocycles. The van der Waals surface area contributed by atoms with Gasteiger partial charge in [0, 0.05) is 19.3 Å². The molecule has 0 aromatic carbocycles. The number of nitrogens with zero attached hydrogens (tertiary/aromatic N) is 1. The maximum atomic E-state index is 11.4. The fourth-order valence-electron chi connectivity index (χ4n) is 1.55. The first-order chi connectivity index (χ1) is 6.74. The summed E-state index contributed by atoms with van der Waals surface area (Å²) in [5.41, 5.74) is 0.684. The Hall–Kier alpha value is -1.72. The van der Waals surface area contributed by atoms with E-state index in [-0.39, 0.29) is 5.91 Å². The molecule has 14 heavy (non-hydrogen) atoms. The Bertz CT molecular complexity index is 399. The van der Waals surface area contributed by atoms with Crippen molar-refractivity contribution in [1.82, 2.24) is 15.1 Å². The lowest BCUT2D eigenvalue weighted by atomic mass is 10.2. The number of hydrogen-bond acceptors (Lipinski definition) is 2. The number of rotatable bonds is 1. The predicted octanol–water partition coefficient (Wildman–Crippen LogP) is -0.955. The summed E-state index contributed by atoms with van der Waals surface area (Å²) in [7, 11) is 5.00. The van der Waals surface area contributed by atoms with Crippen molar-refractivity contribution in [3.05, 3.63) is 23.5 Å². The lowest BCUT2D eigenvalue weighted by Crippen LogP contribution is -2.36. The molecule has 2 radical (unpaired) electrons. The summed E-state index contributed by atoms with van der Waals surface area (Å²) in [6, 6.07) is 1.59. The highest BCUT2D eigenvalue weighted by atomic mass is 16.2. The van der Waals surface area contributed by atoms with Gasteiger partial charge in [-0.1, -0.05) is 0 Å². The second-order valence-corrected chi connectivity index (χ2v) is 3.00. The molecular weight excluding hydrogens is 181 g/mol. The van der Waals surface area contributed by atoms with E-state index in [1.165, 1.54) is 0 Å². The van der Waals surface area contributed by atoms with E-state index in [2.05, 4.69) is 5.32 Å². The molecule has 0 unspecified atom stereocenters. The molecular formula is C8H8BN3O2. The predicted molar refractivity (Wildman–Crippen MR) is 50.0 cm³/mol. The minimum Gasteiger partial charge on any atom is -0.405 e. The molecule has 0 saturated heterocycles. The van der Waals surface area contributed by atoms with Gasteiger partial charge in [-0.15, -0.1) is 0 Å². The van der Waals surface area contributed by atoms with Gasteiger partial charge < -0.3 is 15.1 Å². The van der Waals surface area contributed by atoms with Crippen molar-refractivity contribution in [3.63, 3.8) is 0 Å². The Labute approximate surface area is 81.9 Å². The van der Waals surface area contributed by atoms with Crippen LogP contribution in [0.2, 0.25) is 0 Å². The summed E-state index contributed by atoms with van der Waals surface area (Å²) < 4.78 is 1.74. The van der Waals surface area contributed by atoms with Crippen molar-refractivity contribution in [1.29, 1.82) is 0 Å². The van der Waals surface area contributed by atoms with Crippen LogP contribution in [0.15, 0.2) is 12.3 Å². The first-order valence-corrected chi connectivity index (χ1v) is 4.22. The second-order valence-electron chi connectivity index (χ2n) is 3.00. The molecule has 0 saturated carbocycles. The van der Waals surface area contributed by atoms with Crippen molar-refractivity contribution in [2.45, 2.75) is 6.54 Å². The van der Waals surface area contributed by atoms with Crippen LogP contribution in [0, 0.1) is 0 Å². The normalized spacial score (nSPS) is 14.4. The Morgan fingerprint density at radius 2 is 2.43 bits per heavy atom. The van der Waals surface area contributed by atoms with Crippen LogP contribution in [0.5, 0.6) is 0 Å². The molecule has 6 heteroatoms. The molecule has 0 atom stereocenters. The zero-order valence-electron chi connectivity index (χ0n) is 7.41. The van der Waals surface area contributed by atoms with Gasteiger partial charge in [-0.05, 0) is 6.07 Å². The van der Waals surface area contributed by atoms with Crippen LogP contribution < -0.4 is 10.5 Å². The van der Waals surface area contributed by atoms with Gasteiger partial charge in [0.1, 0.15) is 5.69 Å². The minimum atomic E-state index is -0.448. The minimum absolute atomic E-state index is 0.236. The molecule has 2 amide bonds. The Morgan fingerprint density at radius 1 is 1.64 bits per heavy atom. The summed E-state index contributed by atoms with van der Waals surface area (Å²) in [5.74, 6) is -0.685. The topological polar surface area (TPSA) is 63.1 Å². The van der Waals surface area contributed by atoms with Crippen molar-refractivity contribution in [3.8, 4) is 0 Å². The van der Waals surface area contributed by atoms with Gasteiger partial charge in [-0.3, -0.25) is 9.59 Å². The summed E-state index contributed by atoms with van der Waals surface area (Å²) in [4.78, 5) is 22.7. The standard InChI is InChI=1S/C8H8BN3O2/c9-11-7(13)5-1-3-12-4-2-10-8(14)6(5)12/h1,3H,2,4H2,(H,10,14)(H,11,13). The molecule has 0 spiro atoms. The molecule has 1 aromatic rings. The number of hydrogen-bond donors (Lipinski definition) is 2. The van der Waals surface area contributed by atoms with E-state index in [0.717, 1.165) is 0 Å². The van der Waals surface area contributed by atoms with Crippen LogP contribution in [0.3, 0.4) is 0 Å². The lowest BCUT2D eigenvalue weighted by Gasteiger charge is -2.16. The second kappa shape index (κ2) is 3.21. The van der Waals surface area contributed by atoms with Crippen molar-refractivity contribution >= 4 is 19.8 Å². The van der Waals surface area contributed by atoms with Crippen LogP contribution >= 0.6 is 0 Å². The molecule has 70 valence electrons. The van der Waals surface area contributed by atoms with E-state index >= 15 is 0 Å². The highest BCUT2D eigenvalue weighted by Gasteiger charge is 2.23. The van der Waals surface area contributed by atoms with E-state index < -0.39 is 5.91 Å². The van der Waals surface area contributed by atoms with E-state index in [4.69, 9.17) is 7.98 Å². The van der Waals surface area contributed by atoms with Crippen molar-refractivity contribution in [2.75, 3.05) is 6.54 Å². The molecule has 5 nitrogen and oxygen atoms in total. The molecule has 0 aliphatic carbocycles. The zero-order valence-corrected chi connectivity index (χ0v) is 7.41. The highest BCUT2D eigenvalue weighted by Crippen LogP contribution is 2.13. The van der Waals surface area contributed by atoms with Crippen LogP contribution in [0.25, 0.3) is 0 Å². The summed E-state index contributed by atoms with van der Waals surface area (Å²) in [6.45, 7) is 1.27. The van der Waals surface area contributed by atoms with Gasteiger partial charge in [0.15, 0.2) is 0 Å². The van der Waals surface area contributed by atoms with E-state index in [0.29, 0.717) is 24.3 Å². The van der Waals surface area contributed by atoms with Crippen LogP contribution in [0.4, 0.5) is 0 Å². The number of nitrogens with one attached hydrogen (secondary N) is 2. The first kappa shape index (κ1) is 8.86. The molecule has 1 aromatic heterocycles. The first-order valence-electron chi connectivity index (χ1n) is 4.22. The molecule has 1 aliphatic rings. The average Bonchev–Trinajstić information content (AvgIpc) is 2.62. The van der Waals surface area contributed by atoms with Gasteiger partial charge in [0.05, 0.1) is 5.56 Å². The van der Waals surface area contributed by atoms with E-state index in [9.17, 15) is 9.59 Å². The molecule has 2 rings (SSSR count). The third-order valence-corrected chi connectivity index (χ3v) is 2.19. The van der Waals surface area contributed by atoms with Crippen LogP contribution in [-0.2, 0) is 6.54 Å². The highest BCUT2D eigenvalue weighted by molar-refractivity contribution is 6.20. The molecule has 0 bridgehead atoms.